The third-order valence-electron chi connectivity index (χ3n) is 3.14. The number of carbonyl (C=O) groups excluding carboxylic acids is 2. The molecule has 1 N–H and O–H groups in total. The largest absolute Gasteiger partial charge is 0.450 e. The minimum absolute atomic E-state index is 0.0708. The lowest BCUT2D eigenvalue weighted by molar-refractivity contribution is 0.0565. The van der Waals surface area contributed by atoms with Crippen LogP contribution in [-0.4, -0.2) is 64.8 Å². The fourth-order valence-corrected chi connectivity index (χ4v) is 2.03. The van der Waals surface area contributed by atoms with Gasteiger partial charge < -0.3 is 14.5 Å². The molecule has 1 aliphatic rings. The molecule has 0 spiro atoms. The van der Waals surface area contributed by atoms with Gasteiger partial charge in [0.15, 0.2) is 0 Å². The quantitative estimate of drug-likeness (QED) is 0.851. The van der Waals surface area contributed by atoms with Crippen molar-refractivity contribution in [2.24, 2.45) is 0 Å². The number of piperazine rings is 1. The summed E-state index contributed by atoms with van der Waals surface area (Å²) in [5.74, 6) is -0.0708. The van der Waals surface area contributed by atoms with Gasteiger partial charge in [-0.25, -0.2) is 4.79 Å². The third kappa shape index (κ3) is 2.86. The van der Waals surface area contributed by atoms with Crippen molar-refractivity contribution in [3.8, 4) is 0 Å². The van der Waals surface area contributed by atoms with Crippen LogP contribution in [0, 0.1) is 6.92 Å². The zero-order chi connectivity index (χ0) is 13.8. The van der Waals surface area contributed by atoms with Crippen LogP contribution in [-0.2, 0) is 4.74 Å². The van der Waals surface area contributed by atoms with Gasteiger partial charge in [-0.3, -0.25) is 9.89 Å². The molecule has 1 aromatic heterocycles. The van der Waals surface area contributed by atoms with Crippen LogP contribution in [0.25, 0.3) is 0 Å². The summed E-state index contributed by atoms with van der Waals surface area (Å²) >= 11 is 0. The van der Waals surface area contributed by atoms with Crippen molar-refractivity contribution in [2.75, 3.05) is 32.8 Å². The third-order valence-corrected chi connectivity index (χ3v) is 3.14. The number of amides is 2. The van der Waals surface area contributed by atoms with Crippen LogP contribution in [0.15, 0.2) is 6.20 Å². The zero-order valence-electron chi connectivity index (χ0n) is 11.2. The Morgan fingerprint density at radius 1 is 1.32 bits per heavy atom. The van der Waals surface area contributed by atoms with Crippen molar-refractivity contribution in [3.63, 3.8) is 0 Å². The molecule has 2 heterocycles. The smallest absolute Gasteiger partial charge is 0.409 e. The van der Waals surface area contributed by atoms with E-state index in [2.05, 4.69) is 10.2 Å². The number of nitrogens with zero attached hydrogens (tertiary/aromatic N) is 3. The van der Waals surface area contributed by atoms with Crippen molar-refractivity contribution in [3.05, 3.63) is 17.5 Å². The van der Waals surface area contributed by atoms with E-state index in [0.717, 1.165) is 5.56 Å². The number of aromatic nitrogens is 2. The number of hydrogen-bond acceptors (Lipinski definition) is 4. The number of rotatable bonds is 2. The van der Waals surface area contributed by atoms with Crippen LogP contribution in [0.2, 0.25) is 0 Å². The summed E-state index contributed by atoms with van der Waals surface area (Å²) in [6.07, 6.45) is 1.31. The van der Waals surface area contributed by atoms with Crippen LogP contribution in [0.5, 0.6) is 0 Å². The Bertz CT molecular complexity index is 463. The molecule has 7 nitrogen and oxygen atoms in total. The first kappa shape index (κ1) is 13.4. The number of hydrogen-bond donors (Lipinski definition) is 1. The second kappa shape index (κ2) is 5.73. The van der Waals surface area contributed by atoms with Gasteiger partial charge in [0.05, 0.1) is 12.8 Å². The summed E-state index contributed by atoms with van der Waals surface area (Å²) in [4.78, 5) is 27.1. The van der Waals surface area contributed by atoms with Gasteiger partial charge in [-0.1, -0.05) is 0 Å². The standard InChI is InChI=1S/C12H18N4O3/c1-3-19-12(18)16-6-4-15(5-7-16)11(17)10-9(2)8-13-14-10/h8H,3-7H2,1-2H3,(H,13,14). The van der Waals surface area contributed by atoms with Gasteiger partial charge in [0, 0.05) is 26.2 Å². The number of nitrogens with one attached hydrogen (secondary N) is 1. The van der Waals surface area contributed by atoms with E-state index in [1.807, 2.05) is 6.92 Å². The molecule has 0 atom stereocenters. The minimum Gasteiger partial charge on any atom is -0.450 e. The lowest BCUT2D eigenvalue weighted by Crippen LogP contribution is -2.50. The molecule has 7 heteroatoms. The molecule has 2 rings (SSSR count). The van der Waals surface area contributed by atoms with Gasteiger partial charge in [0.25, 0.3) is 5.91 Å². The summed E-state index contributed by atoms with van der Waals surface area (Å²) in [6.45, 7) is 6.00. The van der Waals surface area contributed by atoms with Gasteiger partial charge in [-0.2, -0.15) is 5.10 Å². The molecule has 2 amide bonds. The first-order valence-corrected chi connectivity index (χ1v) is 6.34. The number of H-pyrrole nitrogens is 1. The summed E-state index contributed by atoms with van der Waals surface area (Å²) < 4.78 is 4.94. The molecule has 1 fully saturated rings. The lowest BCUT2D eigenvalue weighted by atomic mass is 10.2. The highest BCUT2D eigenvalue weighted by atomic mass is 16.6. The zero-order valence-corrected chi connectivity index (χ0v) is 11.2. The Kier molecular flexibility index (Phi) is 4.03. The molecule has 1 saturated heterocycles. The Hall–Kier alpha value is -2.05. The SMILES string of the molecule is CCOC(=O)N1CCN(C(=O)c2[nH]ncc2C)CC1. The van der Waals surface area contributed by atoms with Gasteiger partial charge >= 0.3 is 6.09 Å². The molecule has 0 radical (unpaired) electrons. The molecule has 0 aromatic carbocycles. The summed E-state index contributed by atoms with van der Waals surface area (Å²) in [5, 5.41) is 6.56. The summed E-state index contributed by atoms with van der Waals surface area (Å²) in [5.41, 5.74) is 1.35. The van der Waals surface area contributed by atoms with Crippen molar-refractivity contribution in [1.82, 2.24) is 20.0 Å². The van der Waals surface area contributed by atoms with Crippen LogP contribution >= 0.6 is 0 Å². The van der Waals surface area contributed by atoms with Crippen LogP contribution < -0.4 is 0 Å². The van der Waals surface area contributed by atoms with E-state index in [1.54, 1.807) is 22.9 Å². The Balaban J connectivity index is 1.92. The molecule has 1 aliphatic heterocycles. The maximum absolute atomic E-state index is 12.2. The second-order valence-electron chi connectivity index (χ2n) is 4.41. The van der Waals surface area contributed by atoms with Gasteiger partial charge in [0.2, 0.25) is 0 Å². The highest BCUT2D eigenvalue weighted by Gasteiger charge is 2.26. The van der Waals surface area contributed by atoms with Crippen molar-refractivity contribution in [2.45, 2.75) is 13.8 Å². The number of aryl methyl sites for hydroxylation is 1. The fourth-order valence-electron chi connectivity index (χ4n) is 2.03. The van der Waals surface area contributed by atoms with Gasteiger partial charge in [-0.05, 0) is 19.4 Å². The second-order valence-corrected chi connectivity index (χ2v) is 4.41. The van der Waals surface area contributed by atoms with Crippen LogP contribution in [0.3, 0.4) is 0 Å². The normalized spacial score (nSPS) is 15.5. The first-order valence-electron chi connectivity index (χ1n) is 6.34. The van der Waals surface area contributed by atoms with Crippen LogP contribution in [0.1, 0.15) is 23.0 Å². The van der Waals surface area contributed by atoms with Gasteiger partial charge in [-0.15, -0.1) is 0 Å². The minimum atomic E-state index is -0.313. The average molecular weight is 266 g/mol. The maximum Gasteiger partial charge on any atom is 0.409 e. The predicted octanol–water partition coefficient (Wildman–Crippen LogP) is 0.632. The molecule has 0 unspecified atom stereocenters. The van der Waals surface area contributed by atoms with Crippen molar-refractivity contribution >= 4 is 12.0 Å². The number of aromatic amines is 1. The Morgan fingerprint density at radius 3 is 2.47 bits per heavy atom. The van der Waals surface area contributed by atoms with Gasteiger partial charge in [0.1, 0.15) is 5.69 Å². The Morgan fingerprint density at radius 2 is 1.95 bits per heavy atom. The Labute approximate surface area is 111 Å². The maximum atomic E-state index is 12.2. The monoisotopic (exact) mass is 266 g/mol. The molecule has 104 valence electrons. The van der Waals surface area contributed by atoms with Crippen molar-refractivity contribution in [1.29, 1.82) is 0 Å². The van der Waals surface area contributed by atoms with Crippen LogP contribution in [0.4, 0.5) is 4.79 Å². The summed E-state index contributed by atoms with van der Waals surface area (Å²) in [6, 6.07) is 0. The van der Waals surface area contributed by atoms with E-state index in [-0.39, 0.29) is 12.0 Å². The topological polar surface area (TPSA) is 78.5 Å². The molecule has 19 heavy (non-hydrogen) atoms. The molecular formula is C12H18N4O3. The number of ether oxygens (including phenoxy) is 1. The molecule has 0 saturated carbocycles. The van der Waals surface area contributed by atoms with E-state index < -0.39 is 0 Å². The van der Waals surface area contributed by atoms with E-state index in [9.17, 15) is 9.59 Å². The lowest BCUT2D eigenvalue weighted by Gasteiger charge is -2.33. The van der Waals surface area contributed by atoms with E-state index >= 15 is 0 Å². The molecule has 0 aliphatic carbocycles. The first-order chi connectivity index (χ1) is 9.13. The highest BCUT2D eigenvalue weighted by molar-refractivity contribution is 5.93. The van der Waals surface area contributed by atoms with Crippen molar-refractivity contribution < 1.29 is 14.3 Å². The highest BCUT2D eigenvalue weighted by Crippen LogP contribution is 2.10. The number of carbonyl (C=O) groups is 2. The average Bonchev–Trinajstić information content (AvgIpc) is 2.84. The molecule has 1 aromatic rings. The van der Waals surface area contributed by atoms with E-state index in [4.69, 9.17) is 4.74 Å². The van der Waals surface area contributed by atoms with E-state index in [0.29, 0.717) is 38.5 Å². The van der Waals surface area contributed by atoms with E-state index in [1.165, 1.54) is 0 Å². The predicted molar refractivity (Wildman–Crippen MR) is 67.8 cm³/mol. The summed E-state index contributed by atoms with van der Waals surface area (Å²) in [7, 11) is 0. The molecular weight excluding hydrogens is 248 g/mol. The molecule has 0 bridgehead atoms. The fraction of sp³-hybridized carbons (Fsp3) is 0.583.